The van der Waals surface area contributed by atoms with Crippen molar-refractivity contribution in [2.45, 2.75) is 6.42 Å². The summed E-state index contributed by atoms with van der Waals surface area (Å²) in [6, 6.07) is 7.47. The Labute approximate surface area is 94.3 Å². The van der Waals surface area contributed by atoms with Crippen molar-refractivity contribution in [3.05, 3.63) is 29.8 Å². The number of thiocarbonyl (C=S) groups is 1. The Morgan fingerprint density at radius 1 is 1.47 bits per heavy atom. The van der Waals surface area contributed by atoms with Gasteiger partial charge in [0.1, 0.15) is 0 Å². The molecule has 0 amide bonds. The summed E-state index contributed by atoms with van der Waals surface area (Å²) in [4.78, 5) is 0. The molecular formula is C11H12N2OS. The number of aliphatic hydroxyl groups excluding tert-OH is 1. The summed E-state index contributed by atoms with van der Waals surface area (Å²) in [7, 11) is 0. The Hall–Kier alpha value is -1.57. The minimum Gasteiger partial charge on any atom is -0.395 e. The van der Waals surface area contributed by atoms with Gasteiger partial charge in [-0.15, -0.1) is 0 Å². The highest BCUT2D eigenvalue weighted by molar-refractivity contribution is 7.80. The van der Waals surface area contributed by atoms with Crippen LogP contribution < -0.4 is 11.1 Å². The lowest BCUT2D eigenvalue weighted by atomic mass is 10.2. The molecule has 0 aromatic heterocycles. The average molecular weight is 220 g/mol. The molecule has 0 aliphatic carbocycles. The SMILES string of the molecule is NC(=S)Nc1ccccc1C#CCCO. The molecule has 4 heteroatoms. The van der Waals surface area contributed by atoms with Gasteiger partial charge in [-0.25, -0.2) is 0 Å². The summed E-state index contributed by atoms with van der Waals surface area (Å²) in [5.74, 6) is 5.77. The second kappa shape index (κ2) is 6.02. The van der Waals surface area contributed by atoms with E-state index in [0.717, 1.165) is 11.3 Å². The maximum atomic E-state index is 8.60. The molecule has 0 saturated heterocycles. The molecule has 0 aliphatic heterocycles. The standard InChI is InChI=1S/C11H12N2OS/c12-11(15)13-10-7-2-1-5-9(10)6-3-4-8-14/h1-2,5,7,14H,4,8H2,(H3,12,13,15). The minimum atomic E-state index is 0.0674. The Kier molecular flexibility index (Phi) is 4.61. The number of hydrogen-bond acceptors (Lipinski definition) is 2. The second-order valence-electron chi connectivity index (χ2n) is 2.81. The van der Waals surface area contributed by atoms with Crippen LogP contribution in [0.15, 0.2) is 24.3 Å². The van der Waals surface area contributed by atoms with E-state index in [1.165, 1.54) is 0 Å². The fraction of sp³-hybridized carbons (Fsp3) is 0.182. The zero-order valence-electron chi connectivity index (χ0n) is 8.16. The Bertz CT molecular complexity index is 407. The summed E-state index contributed by atoms with van der Waals surface area (Å²) in [6.07, 6.45) is 0.460. The van der Waals surface area contributed by atoms with Crippen molar-refractivity contribution < 1.29 is 5.11 Å². The largest absolute Gasteiger partial charge is 0.395 e. The number of anilines is 1. The van der Waals surface area contributed by atoms with Gasteiger partial charge in [0.15, 0.2) is 5.11 Å². The predicted molar refractivity (Wildman–Crippen MR) is 65.4 cm³/mol. The molecule has 0 atom stereocenters. The van der Waals surface area contributed by atoms with Crippen molar-refractivity contribution in [1.82, 2.24) is 0 Å². The summed E-state index contributed by atoms with van der Waals surface area (Å²) >= 11 is 4.75. The van der Waals surface area contributed by atoms with Gasteiger partial charge in [0.25, 0.3) is 0 Å². The average Bonchev–Trinajstić information content (AvgIpc) is 2.20. The van der Waals surface area contributed by atoms with Crippen LogP contribution in [0.5, 0.6) is 0 Å². The lowest BCUT2D eigenvalue weighted by molar-refractivity contribution is 0.305. The Morgan fingerprint density at radius 3 is 2.87 bits per heavy atom. The molecule has 0 bridgehead atoms. The Balaban J connectivity index is 2.87. The van der Waals surface area contributed by atoms with E-state index < -0.39 is 0 Å². The number of nitrogens with two attached hydrogens (primary N) is 1. The van der Waals surface area contributed by atoms with Crippen LogP contribution in [-0.2, 0) is 0 Å². The van der Waals surface area contributed by atoms with Gasteiger partial charge >= 0.3 is 0 Å². The van der Waals surface area contributed by atoms with Gasteiger partial charge in [-0.1, -0.05) is 24.0 Å². The van der Waals surface area contributed by atoms with Gasteiger partial charge in [-0.2, -0.15) is 0 Å². The van der Waals surface area contributed by atoms with Gasteiger partial charge < -0.3 is 16.2 Å². The summed E-state index contributed by atoms with van der Waals surface area (Å²) < 4.78 is 0. The van der Waals surface area contributed by atoms with Crippen LogP contribution in [0.2, 0.25) is 0 Å². The van der Waals surface area contributed by atoms with Crippen molar-refractivity contribution in [3.63, 3.8) is 0 Å². The number of rotatable bonds is 2. The topological polar surface area (TPSA) is 58.3 Å². The molecule has 4 N–H and O–H groups in total. The first kappa shape index (κ1) is 11.5. The fourth-order valence-electron chi connectivity index (χ4n) is 1.05. The number of nitrogens with one attached hydrogen (secondary N) is 1. The highest BCUT2D eigenvalue weighted by Crippen LogP contribution is 2.12. The Morgan fingerprint density at radius 2 is 2.20 bits per heavy atom. The van der Waals surface area contributed by atoms with Crippen LogP contribution in [0, 0.1) is 11.8 Å². The maximum absolute atomic E-state index is 8.60. The van der Waals surface area contributed by atoms with Crippen LogP contribution >= 0.6 is 12.2 Å². The highest BCUT2D eigenvalue weighted by Gasteiger charge is 1.97. The molecular weight excluding hydrogens is 208 g/mol. The molecule has 0 radical (unpaired) electrons. The molecule has 3 nitrogen and oxygen atoms in total. The van der Waals surface area contributed by atoms with Crippen molar-refractivity contribution in [2.24, 2.45) is 5.73 Å². The van der Waals surface area contributed by atoms with Crippen LogP contribution in [0.3, 0.4) is 0 Å². The van der Waals surface area contributed by atoms with E-state index in [1.807, 2.05) is 24.3 Å². The van der Waals surface area contributed by atoms with Gasteiger partial charge in [0.05, 0.1) is 12.3 Å². The van der Waals surface area contributed by atoms with Gasteiger partial charge in [-0.05, 0) is 24.4 Å². The van der Waals surface area contributed by atoms with Crippen LogP contribution in [0.4, 0.5) is 5.69 Å². The zero-order chi connectivity index (χ0) is 11.1. The van der Waals surface area contributed by atoms with E-state index in [2.05, 4.69) is 17.2 Å². The third-order valence-corrected chi connectivity index (χ3v) is 1.75. The lowest BCUT2D eigenvalue weighted by Crippen LogP contribution is -2.19. The van der Waals surface area contributed by atoms with Gasteiger partial charge in [-0.3, -0.25) is 0 Å². The van der Waals surface area contributed by atoms with Crippen molar-refractivity contribution in [2.75, 3.05) is 11.9 Å². The normalized spacial score (nSPS) is 8.87. The summed E-state index contributed by atoms with van der Waals surface area (Å²) in [5, 5.41) is 11.7. The van der Waals surface area contributed by atoms with Gasteiger partial charge in [0, 0.05) is 12.0 Å². The van der Waals surface area contributed by atoms with E-state index in [1.54, 1.807) is 0 Å². The van der Waals surface area contributed by atoms with Crippen LogP contribution in [0.25, 0.3) is 0 Å². The molecule has 0 saturated carbocycles. The lowest BCUT2D eigenvalue weighted by Gasteiger charge is -2.05. The second-order valence-corrected chi connectivity index (χ2v) is 3.25. The monoisotopic (exact) mass is 220 g/mol. The van der Waals surface area contributed by atoms with Gasteiger partial charge in [0.2, 0.25) is 0 Å². The van der Waals surface area contributed by atoms with Crippen molar-refractivity contribution in [3.8, 4) is 11.8 Å². The van der Waals surface area contributed by atoms with Crippen LogP contribution in [0.1, 0.15) is 12.0 Å². The fourth-order valence-corrected chi connectivity index (χ4v) is 1.16. The molecule has 0 unspecified atom stereocenters. The quantitative estimate of drug-likeness (QED) is 0.515. The number of benzene rings is 1. The first-order valence-electron chi connectivity index (χ1n) is 4.49. The van der Waals surface area contributed by atoms with E-state index in [0.29, 0.717) is 6.42 Å². The molecule has 1 aromatic rings. The molecule has 1 aromatic carbocycles. The van der Waals surface area contributed by atoms with Crippen molar-refractivity contribution >= 4 is 23.0 Å². The minimum absolute atomic E-state index is 0.0674. The zero-order valence-corrected chi connectivity index (χ0v) is 8.97. The highest BCUT2D eigenvalue weighted by atomic mass is 32.1. The number of aliphatic hydroxyl groups is 1. The summed E-state index contributed by atoms with van der Waals surface area (Å²) in [5.41, 5.74) is 6.99. The molecule has 0 aliphatic rings. The molecule has 15 heavy (non-hydrogen) atoms. The molecule has 1 rings (SSSR count). The molecule has 78 valence electrons. The first-order valence-corrected chi connectivity index (χ1v) is 4.90. The van der Waals surface area contributed by atoms with E-state index in [-0.39, 0.29) is 11.7 Å². The number of para-hydroxylation sites is 1. The molecule has 0 heterocycles. The van der Waals surface area contributed by atoms with Crippen LogP contribution in [-0.4, -0.2) is 16.8 Å². The summed E-state index contributed by atoms with van der Waals surface area (Å²) in [6.45, 7) is 0.0674. The number of hydrogen-bond donors (Lipinski definition) is 3. The smallest absolute Gasteiger partial charge is 0.168 e. The first-order chi connectivity index (χ1) is 7.24. The third-order valence-electron chi connectivity index (χ3n) is 1.64. The van der Waals surface area contributed by atoms with E-state index in [9.17, 15) is 0 Å². The molecule has 0 spiro atoms. The molecule has 0 fully saturated rings. The van der Waals surface area contributed by atoms with Crippen molar-refractivity contribution in [1.29, 1.82) is 0 Å². The predicted octanol–water partition coefficient (Wildman–Crippen LogP) is 1.08. The maximum Gasteiger partial charge on any atom is 0.168 e. The van der Waals surface area contributed by atoms with E-state index >= 15 is 0 Å². The van der Waals surface area contributed by atoms with E-state index in [4.69, 9.17) is 23.1 Å². The third kappa shape index (κ3) is 3.98.